The van der Waals surface area contributed by atoms with E-state index < -0.39 is 0 Å². The van der Waals surface area contributed by atoms with Gasteiger partial charge in [0.05, 0.1) is 12.3 Å². The fourth-order valence-electron chi connectivity index (χ4n) is 2.07. The Hall–Kier alpha value is -1.03. The molecule has 16 heavy (non-hydrogen) atoms. The maximum atomic E-state index is 5.11. The molecule has 1 saturated carbocycles. The molecular formula is C12H21N3O. The van der Waals surface area contributed by atoms with Crippen LogP contribution in [0.1, 0.15) is 37.8 Å². The zero-order valence-electron chi connectivity index (χ0n) is 10.4. The van der Waals surface area contributed by atoms with Crippen LogP contribution in [-0.2, 0) is 11.8 Å². The first-order valence-electron chi connectivity index (χ1n) is 6.00. The number of ether oxygens (including phenoxy) is 1. The van der Waals surface area contributed by atoms with Gasteiger partial charge in [-0.2, -0.15) is 5.10 Å². The maximum absolute atomic E-state index is 5.11. The van der Waals surface area contributed by atoms with Gasteiger partial charge in [-0.25, -0.2) is 0 Å². The first-order valence-corrected chi connectivity index (χ1v) is 6.00. The molecule has 0 aromatic carbocycles. The molecule has 4 nitrogen and oxygen atoms in total. The number of hydrogen-bond donors (Lipinski definition) is 1. The Bertz CT molecular complexity index is 344. The van der Waals surface area contributed by atoms with Crippen molar-refractivity contribution in [3.63, 3.8) is 0 Å². The zero-order chi connectivity index (χ0) is 11.5. The Balaban J connectivity index is 2.00. The van der Waals surface area contributed by atoms with Crippen LogP contribution in [-0.4, -0.2) is 29.5 Å². The van der Waals surface area contributed by atoms with Crippen LogP contribution in [0, 0.1) is 0 Å². The number of hydrogen-bond acceptors (Lipinski definition) is 3. The van der Waals surface area contributed by atoms with Crippen LogP contribution in [0.25, 0.3) is 0 Å². The molecule has 4 heteroatoms. The molecule has 0 amide bonds. The summed E-state index contributed by atoms with van der Waals surface area (Å²) in [5.41, 5.74) is 1.24. The molecule has 1 aliphatic rings. The van der Waals surface area contributed by atoms with Gasteiger partial charge >= 0.3 is 0 Å². The van der Waals surface area contributed by atoms with Crippen LogP contribution >= 0.6 is 0 Å². The minimum Gasteiger partial charge on any atom is -0.383 e. The highest BCUT2D eigenvalue weighted by molar-refractivity contribution is 5.39. The van der Waals surface area contributed by atoms with Crippen molar-refractivity contribution in [2.75, 3.05) is 19.0 Å². The highest BCUT2D eigenvalue weighted by Crippen LogP contribution is 2.36. The molecule has 1 atom stereocenters. The first kappa shape index (κ1) is 11.5. The molecule has 1 heterocycles. The van der Waals surface area contributed by atoms with Crippen LogP contribution in [0.15, 0.2) is 6.07 Å². The molecule has 2 rings (SSSR count). The Kier molecular flexibility index (Phi) is 3.49. The Morgan fingerprint density at radius 1 is 1.62 bits per heavy atom. The molecule has 0 aliphatic heterocycles. The third-order valence-corrected chi connectivity index (χ3v) is 3.23. The zero-order valence-corrected chi connectivity index (χ0v) is 10.4. The lowest BCUT2D eigenvalue weighted by molar-refractivity contribution is 0.190. The number of nitrogens with zero attached hydrogens (tertiary/aromatic N) is 2. The van der Waals surface area contributed by atoms with E-state index in [2.05, 4.69) is 23.4 Å². The SMILES string of the molecule is COCC(C)Nc1cc(C2CCC2)nn1C. The smallest absolute Gasteiger partial charge is 0.124 e. The summed E-state index contributed by atoms with van der Waals surface area (Å²) in [6.07, 6.45) is 3.94. The van der Waals surface area contributed by atoms with Crippen molar-refractivity contribution in [3.05, 3.63) is 11.8 Å². The molecule has 1 fully saturated rings. The van der Waals surface area contributed by atoms with Crippen molar-refractivity contribution in [2.45, 2.75) is 38.1 Å². The molecule has 0 radical (unpaired) electrons. The second kappa shape index (κ2) is 4.87. The predicted molar refractivity (Wildman–Crippen MR) is 64.8 cm³/mol. The minimum absolute atomic E-state index is 0.314. The summed E-state index contributed by atoms with van der Waals surface area (Å²) in [4.78, 5) is 0. The van der Waals surface area contributed by atoms with E-state index in [9.17, 15) is 0 Å². The first-order chi connectivity index (χ1) is 7.70. The lowest BCUT2D eigenvalue weighted by Gasteiger charge is -2.22. The third kappa shape index (κ3) is 2.38. The van der Waals surface area contributed by atoms with Gasteiger partial charge in [-0.05, 0) is 19.8 Å². The predicted octanol–water partition coefficient (Wildman–Crippen LogP) is 2.13. The van der Waals surface area contributed by atoms with Gasteiger partial charge in [-0.15, -0.1) is 0 Å². The molecule has 90 valence electrons. The van der Waals surface area contributed by atoms with E-state index in [-0.39, 0.29) is 0 Å². The average molecular weight is 223 g/mol. The van der Waals surface area contributed by atoms with E-state index in [0.717, 1.165) is 5.82 Å². The van der Waals surface area contributed by atoms with Crippen molar-refractivity contribution >= 4 is 5.82 Å². The van der Waals surface area contributed by atoms with Crippen LogP contribution in [0.2, 0.25) is 0 Å². The molecule has 1 N–H and O–H groups in total. The third-order valence-electron chi connectivity index (χ3n) is 3.23. The molecular weight excluding hydrogens is 202 g/mol. The molecule has 1 aromatic heterocycles. The number of nitrogens with one attached hydrogen (secondary N) is 1. The van der Waals surface area contributed by atoms with Gasteiger partial charge in [0.1, 0.15) is 5.82 Å². The minimum atomic E-state index is 0.314. The molecule has 0 bridgehead atoms. The van der Waals surface area contributed by atoms with Crippen molar-refractivity contribution in [1.29, 1.82) is 0 Å². The highest BCUT2D eigenvalue weighted by Gasteiger charge is 2.23. The van der Waals surface area contributed by atoms with Crippen molar-refractivity contribution in [3.8, 4) is 0 Å². The average Bonchev–Trinajstić information content (AvgIpc) is 2.44. The van der Waals surface area contributed by atoms with E-state index in [1.165, 1.54) is 25.0 Å². The second-order valence-corrected chi connectivity index (χ2v) is 4.71. The second-order valence-electron chi connectivity index (χ2n) is 4.71. The number of anilines is 1. The molecule has 0 spiro atoms. The standard InChI is InChI=1S/C12H21N3O/c1-9(8-16-3)13-12-7-11(14-15(12)2)10-5-4-6-10/h7,9-10,13H,4-6,8H2,1-3H3. The number of rotatable bonds is 5. The van der Waals surface area contributed by atoms with Crippen LogP contribution in [0.3, 0.4) is 0 Å². The molecule has 1 aliphatic carbocycles. The van der Waals surface area contributed by atoms with E-state index >= 15 is 0 Å². The van der Waals surface area contributed by atoms with Gasteiger partial charge in [0.15, 0.2) is 0 Å². The van der Waals surface area contributed by atoms with Gasteiger partial charge in [-0.1, -0.05) is 6.42 Å². The quantitative estimate of drug-likeness (QED) is 0.831. The topological polar surface area (TPSA) is 39.1 Å². The monoisotopic (exact) mass is 223 g/mol. The van der Waals surface area contributed by atoms with E-state index in [1.54, 1.807) is 7.11 Å². The summed E-state index contributed by atoms with van der Waals surface area (Å²) in [6.45, 7) is 2.82. The van der Waals surface area contributed by atoms with E-state index in [4.69, 9.17) is 4.74 Å². The fraction of sp³-hybridized carbons (Fsp3) is 0.750. The summed E-state index contributed by atoms with van der Waals surface area (Å²) < 4.78 is 7.04. The Morgan fingerprint density at radius 3 is 2.94 bits per heavy atom. The largest absolute Gasteiger partial charge is 0.383 e. The highest BCUT2D eigenvalue weighted by atomic mass is 16.5. The van der Waals surface area contributed by atoms with E-state index in [1.807, 2.05) is 11.7 Å². The van der Waals surface area contributed by atoms with E-state index in [0.29, 0.717) is 18.6 Å². The fourth-order valence-corrected chi connectivity index (χ4v) is 2.07. The number of methoxy groups -OCH3 is 1. The summed E-state index contributed by atoms with van der Waals surface area (Å²) in [6, 6.07) is 2.49. The van der Waals surface area contributed by atoms with Gasteiger partial charge in [0.25, 0.3) is 0 Å². The summed E-state index contributed by atoms with van der Waals surface area (Å²) >= 11 is 0. The van der Waals surface area contributed by atoms with Crippen LogP contribution in [0.4, 0.5) is 5.82 Å². The van der Waals surface area contributed by atoms with Crippen molar-refractivity contribution < 1.29 is 4.74 Å². The van der Waals surface area contributed by atoms with Gasteiger partial charge in [-0.3, -0.25) is 4.68 Å². The van der Waals surface area contributed by atoms with Crippen molar-refractivity contribution in [2.24, 2.45) is 7.05 Å². The summed E-state index contributed by atoms with van der Waals surface area (Å²) in [5.74, 6) is 1.78. The normalized spacial score (nSPS) is 18.2. The van der Waals surface area contributed by atoms with Crippen LogP contribution < -0.4 is 5.32 Å². The van der Waals surface area contributed by atoms with Gasteiger partial charge in [0, 0.05) is 32.2 Å². The van der Waals surface area contributed by atoms with Gasteiger partial charge < -0.3 is 10.1 Å². The van der Waals surface area contributed by atoms with Crippen LogP contribution in [0.5, 0.6) is 0 Å². The lowest BCUT2D eigenvalue weighted by atomic mass is 9.83. The maximum Gasteiger partial charge on any atom is 0.124 e. The Labute approximate surface area is 97.0 Å². The molecule has 0 saturated heterocycles. The van der Waals surface area contributed by atoms with Gasteiger partial charge in [0.2, 0.25) is 0 Å². The number of aromatic nitrogens is 2. The Morgan fingerprint density at radius 2 is 2.38 bits per heavy atom. The molecule has 1 unspecified atom stereocenters. The summed E-state index contributed by atoms with van der Waals surface area (Å²) in [7, 11) is 3.71. The molecule has 1 aromatic rings. The summed E-state index contributed by atoms with van der Waals surface area (Å²) in [5, 5.41) is 7.97. The lowest BCUT2D eigenvalue weighted by Crippen LogP contribution is -2.22. The number of aryl methyl sites for hydroxylation is 1. The van der Waals surface area contributed by atoms with Crippen molar-refractivity contribution in [1.82, 2.24) is 9.78 Å².